The number of nitrogens with zero attached hydrogens (tertiary/aromatic N) is 4. The summed E-state index contributed by atoms with van der Waals surface area (Å²) in [6.07, 6.45) is 0.0657. The normalized spacial score (nSPS) is 28.3. The number of carbonyl (C=O) groups is 2. The second-order valence-electron chi connectivity index (χ2n) is 8.43. The molecule has 0 bridgehead atoms. The molecule has 10 heteroatoms. The summed E-state index contributed by atoms with van der Waals surface area (Å²) in [7, 11) is 0. The number of rotatable bonds is 3. The van der Waals surface area contributed by atoms with Gasteiger partial charge in [-0.1, -0.05) is 19.8 Å². The summed E-state index contributed by atoms with van der Waals surface area (Å²) in [6, 6.07) is 2.08. The van der Waals surface area contributed by atoms with E-state index in [1.165, 1.54) is 11.0 Å². The molecule has 3 amide bonds. The van der Waals surface area contributed by atoms with E-state index in [1.54, 1.807) is 0 Å². The Morgan fingerprint density at radius 2 is 1.90 bits per heavy atom. The van der Waals surface area contributed by atoms with Crippen molar-refractivity contribution < 1.29 is 22.8 Å². The Morgan fingerprint density at radius 3 is 2.50 bits per heavy atom. The minimum absolute atomic E-state index is 0.121. The molecule has 1 spiro atoms. The smallest absolute Gasteiger partial charge is 0.354 e. The first-order chi connectivity index (χ1) is 14.2. The van der Waals surface area contributed by atoms with Crippen LogP contribution in [0, 0.1) is 5.92 Å². The Bertz CT molecular complexity index is 808. The molecule has 1 aliphatic carbocycles. The fourth-order valence-corrected chi connectivity index (χ4v) is 4.68. The maximum absolute atomic E-state index is 13.1. The molecule has 3 aliphatic rings. The van der Waals surface area contributed by atoms with Crippen molar-refractivity contribution in [1.29, 1.82) is 0 Å². The quantitative estimate of drug-likeness (QED) is 0.755. The second-order valence-corrected chi connectivity index (χ2v) is 8.43. The molecule has 0 unspecified atom stereocenters. The van der Waals surface area contributed by atoms with Gasteiger partial charge in [-0.15, -0.1) is 0 Å². The maximum atomic E-state index is 13.1. The van der Waals surface area contributed by atoms with E-state index in [1.807, 2.05) is 16.7 Å². The van der Waals surface area contributed by atoms with E-state index >= 15 is 0 Å². The molecule has 0 aromatic carbocycles. The number of imide groups is 1. The minimum Gasteiger partial charge on any atom is -0.354 e. The van der Waals surface area contributed by atoms with E-state index in [2.05, 4.69) is 10.3 Å². The standard InChI is InChI=1S/C20H26F3N5O2/c1-14-4-2-3-7-19(14)17(29)28(18(30)25-19)13-26-8-10-27(11-9-26)16-6-5-15(12-24-16)20(21,22)23/h5-6,12,14H,2-4,7-11,13H2,1H3,(H,25,30)/t14-,19+/m1/s1. The van der Waals surface area contributed by atoms with Crippen LogP contribution in [0.25, 0.3) is 0 Å². The molecular formula is C20H26F3N5O2. The molecule has 30 heavy (non-hydrogen) atoms. The monoisotopic (exact) mass is 425 g/mol. The number of halogens is 3. The Kier molecular flexibility index (Phi) is 5.37. The summed E-state index contributed by atoms with van der Waals surface area (Å²) >= 11 is 0. The van der Waals surface area contributed by atoms with Crippen molar-refractivity contribution in [3.63, 3.8) is 0 Å². The number of pyridine rings is 1. The lowest BCUT2D eigenvalue weighted by Crippen LogP contribution is -2.55. The van der Waals surface area contributed by atoms with Crippen molar-refractivity contribution >= 4 is 17.8 Å². The molecule has 1 aromatic heterocycles. The molecule has 4 rings (SSSR count). The van der Waals surface area contributed by atoms with Crippen LogP contribution in [0.2, 0.25) is 0 Å². The van der Waals surface area contributed by atoms with Crippen LogP contribution in [0.5, 0.6) is 0 Å². The average Bonchev–Trinajstić information content (AvgIpc) is 2.95. The van der Waals surface area contributed by atoms with Crippen LogP contribution in [-0.4, -0.2) is 65.1 Å². The Labute approximate surface area is 173 Å². The molecular weight excluding hydrogens is 399 g/mol. The number of anilines is 1. The van der Waals surface area contributed by atoms with E-state index < -0.39 is 17.3 Å². The fraction of sp³-hybridized carbons (Fsp3) is 0.650. The summed E-state index contributed by atoms with van der Waals surface area (Å²) in [6.45, 7) is 4.54. The number of piperazine rings is 1. The third-order valence-electron chi connectivity index (χ3n) is 6.61. The highest BCUT2D eigenvalue weighted by Crippen LogP contribution is 2.38. The highest BCUT2D eigenvalue weighted by Gasteiger charge is 2.55. The first-order valence-electron chi connectivity index (χ1n) is 10.4. The topological polar surface area (TPSA) is 68.8 Å². The Morgan fingerprint density at radius 1 is 1.17 bits per heavy atom. The van der Waals surface area contributed by atoms with Crippen LogP contribution < -0.4 is 10.2 Å². The van der Waals surface area contributed by atoms with Crippen molar-refractivity contribution in [3.05, 3.63) is 23.9 Å². The summed E-state index contributed by atoms with van der Waals surface area (Å²) in [5.74, 6) is 0.481. The summed E-state index contributed by atoms with van der Waals surface area (Å²) in [4.78, 5) is 34.8. The number of urea groups is 1. The van der Waals surface area contributed by atoms with Gasteiger partial charge in [0, 0.05) is 32.4 Å². The van der Waals surface area contributed by atoms with Crippen molar-refractivity contribution in [1.82, 2.24) is 20.1 Å². The Balaban J connectivity index is 1.35. The van der Waals surface area contributed by atoms with Gasteiger partial charge in [-0.2, -0.15) is 13.2 Å². The zero-order chi connectivity index (χ0) is 21.5. The number of amides is 3. The van der Waals surface area contributed by atoms with Gasteiger partial charge < -0.3 is 10.2 Å². The number of hydrogen-bond acceptors (Lipinski definition) is 5. The fourth-order valence-electron chi connectivity index (χ4n) is 4.68. The van der Waals surface area contributed by atoms with Gasteiger partial charge >= 0.3 is 12.2 Å². The zero-order valence-electron chi connectivity index (χ0n) is 16.9. The first kappa shape index (κ1) is 20.9. The third kappa shape index (κ3) is 3.73. The highest BCUT2D eigenvalue weighted by molar-refractivity contribution is 6.07. The van der Waals surface area contributed by atoms with Crippen LogP contribution in [0.3, 0.4) is 0 Å². The van der Waals surface area contributed by atoms with Crippen molar-refractivity contribution in [3.8, 4) is 0 Å². The van der Waals surface area contributed by atoms with Crippen molar-refractivity contribution in [2.75, 3.05) is 37.7 Å². The second kappa shape index (κ2) is 7.72. The zero-order valence-corrected chi connectivity index (χ0v) is 16.9. The van der Waals surface area contributed by atoms with Gasteiger partial charge in [0.2, 0.25) is 0 Å². The van der Waals surface area contributed by atoms with E-state index in [0.717, 1.165) is 31.5 Å². The maximum Gasteiger partial charge on any atom is 0.417 e. The van der Waals surface area contributed by atoms with Gasteiger partial charge in [-0.3, -0.25) is 9.69 Å². The number of aromatic nitrogens is 1. The van der Waals surface area contributed by atoms with Crippen LogP contribution in [0.4, 0.5) is 23.8 Å². The molecule has 0 radical (unpaired) electrons. The van der Waals surface area contributed by atoms with Gasteiger partial charge in [0.05, 0.1) is 12.2 Å². The summed E-state index contributed by atoms with van der Waals surface area (Å²) in [5, 5.41) is 2.96. The molecule has 3 heterocycles. The lowest BCUT2D eigenvalue weighted by molar-refractivity contribution is -0.138. The number of carbonyl (C=O) groups excluding carboxylic acids is 2. The van der Waals surface area contributed by atoms with Crippen LogP contribution in [0.15, 0.2) is 18.3 Å². The van der Waals surface area contributed by atoms with Crippen LogP contribution in [0.1, 0.15) is 38.2 Å². The molecule has 164 valence electrons. The van der Waals surface area contributed by atoms with Gasteiger partial charge in [0.1, 0.15) is 11.4 Å². The minimum atomic E-state index is -4.40. The predicted octanol–water partition coefficient (Wildman–Crippen LogP) is 2.68. The van der Waals surface area contributed by atoms with Gasteiger partial charge in [-0.25, -0.2) is 14.7 Å². The largest absolute Gasteiger partial charge is 0.417 e. The van der Waals surface area contributed by atoms with Crippen LogP contribution >= 0.6 is 0 Å². The molecule has 2 aliphatic heterocycles. The van der Waals surface area contributed by atoms with Crippen molar-refractivity contribution in [2.45, 2.75) is 44.3 Å². The summed E-state index contributed by atoms with van der Waals surface area (Å²) in [5.41, 5.74) is -1.53. The third-order valence-corrected chi connectivity index (χ3v) is 6.61. The van der Waals surface area contributed by atoms with E-state index in [-0.39, 0.29) is 24.5 Å². The Hall–Kier alpha value is -2.36. The molecule has 1 N–H and O–H groups in total. The average molecular weight is 425 g/mol. The first-order valence-corrected chi connectivity index (χ1v) is 10.4. The lowest BCUT2D eigenvalue weighted by atomic mass is 9.73. The molecule has 2 saturated heterocycles. The molecule has 1 saturated carbocycles. The van der Waals surface area contributed by atoms with Gasteiger partial charge in [0.25, 0.3) is 5.91 Å². The van der Waals surface area contributed by atoms with E-state index in [0.29, 0.717) is 38.4 Å². The number of nitrogens with one attached hydrogen (secondary N) is 1. The molecule has 1 aromatic rings. The number of hydrogen-bond donors (Lipinski definition) is 1. The van der Waals surface area contributed by atoms with Gasteiger partial charge in [-0.05, 0) is 30.9 Å². The van der Waals surface area contributed by atoms with Gasteiger partial charge in [0.15, 0.2) is 0 Å². The van der Waals surface area contributed by atoms with Crippen LogP contribution in [-0.2, 0) is 11.0 Å². The molecule has 3 fully saturated rings. The summed E-state index contributed by atoms with van der Waals surface area (Å²) < 4.78 is 38.1. The number of alkyl halides is 3. The highest BCUT2D eigenvalue weighted by atomic mass is 19.4. The molecule has 2 atom stereocenters. The lowest BCUT2D eigenvalue weighted by Gasteiger charge is -2.38. The van der Waals surface area contributed by atoms with E-state index in [4.69, 9.17) is 0 Å². The predicted molar refractivity (Wildman–Crippen MR) is 104 cm³/mol. The van der Waals surface area contributed by atoms with Crippen molar-refractivity contribution in [2.24, 2.45) is 5.92 Å². The van der Waals surface area contributed by atoms with E-state index in [9.17, 15) is 22.8 Å². The SMILES string of the molecule is C[C@@H]1CCCC[C@]12NC(=O)N(CN1CCN(c3ccc(C(F)(F)F)cn3)CC1)C2=O. The molecule has 7 nitrogen and oxygen atoms in total.